The first-order valence-electron chi connectivity index (χ1n) is 6.23. The van der Waals surface area contributed by atoms with Crippen molar-refractivity contribution >= 4 is 5.91 Å². The van der Waals surface area contributed by atoms with Crippen molar-refractivity contribution in [2.45, 2.75) is 13.0 Å². The highest BCUT2D eigenvalue weighted by Gasteiger charge is 2.06. The summed E-state index contributed by atoms with van der Waals surface area (Å²) in [5.74, 6) is 0.650. The van der Waals surface area contributed by atoms with E-state index in [1.54, 1.807) is 12.3 Å². The van der Waals surface area contributed by atoms with Gasteiger partial charge < -0.3 is 15.6 Å². The summed E-state index contributed by atoms with van der Waals surface area (Å²) in [4.78, 5) is 15.5. The van der Waals surface area contributed by atoms with Gasteiger partial charge in [0.15, 0.2) is 0 Å². The zero-order valence-electron chi connectivity index (χ0n) is 11.0. The fourth-order valence-corrected chi connectivity index (χ4v) is 1.98. The van der Waals surface area contributed by atoms with E-state index in [0.717, 1.165) is 24.4 Å². The number of hydrogen-bond donors (Lipinski definition) is 2. The molecule has 0 aliphatic carbocycles. The van der Waals surface area contributed by atoms with Crippen molar-refractivity contribution in [3.63, 3.8) is 0 Å². The molecule has 0 atom stereocenters. The van der Waals surface area contributed by atoms with Gasteiger partial charge in [-0.05, 0) is 11.6 Å². The molecule has 1 heterocycles. The number of aryl methyl sites for hydroxylation is 1. The lowest BCUT2D eigenvalue weighted by atomic mass is 10.1. The average molecular weight is 258 g/mol. The van der Waals surface area contributed by atoms with E-state index in [4.69, 9.17) is 5.73 Å². The number of rotatable bonds is 6. The summed E-state index contributed by atoms with van der Waals surface area (Å²) in [6.45, 7) is 1.43. The molecule has 0 aliphatic heterocycles. The van der Waals surface area contributed by atoms with Crippen LogP contribution >= 0.6 is 0 Å². The molecule has 0 aliphatic rings. The van der Waals surface area contributed by atoms with Crippen LogP contribution in [0.3, 0.4) is 0 Å². The number of primary amides is 1. The van der Waals surface area contributed by atoms with E-state index in [-0.39, 0.29) is 5.91 Å². The molecule has 0 bridgehead atoms. The molecular weight excluding hydrogens is 240 g/mol. The molecule has 1 amide bonds. The molecule has 3 N–H and O–H groups in total. The van der Waals surface area contributed by atoms with Crippen molar-refractivity contribution < 1.29 is 4.79 Å². The number of amides is 1. The number of carbonyl (C=O) groups excluding carboxylic acids is 1. The van der Waals surface area contributed by atoms with Crippen LogP contribution in [0, 0.1) is 0 Å². The van der Waals surface area contributed by atoms with Crippen LogP contribution in [-0.4, -0.2) is 22.0 Å². The van der Waals surface area contributed by atoms with Gasteiger partial charge in [0.1, 0.15) is 5.82 Å². The van der Waals surface area contributed by atoms with Gasteiger partial charge >= 0.3 is 0 Å². The SMILES string of the molecule is Cn1ccnc1CCNCc1ccccc1C(N)=O. The third-order valence-electron chi connectivity index (χ3n) is 3.04. The van der Waals surface area contributed by atoms with Crippen LogP contribution in [0.25, 0.3) is 0 Å². The summed E-state index contributed by atoms with van der Waals surface area (Å²) >= 11 is 0. The van der Waals surface area contributed by atoms with Gasteiger partial charge in [0.25, 0.3) is 0 Å². The fourth-order valence-electron chi connectivity index (χ4n) is 1.98. The molecular formula is C14H18N4O. The third kappa shape index (κ3) is 3.42. The zero-order chi connectivity index (χ0) is 13.7. The molecule has 1 aromatic carbocycles. The Balaban J connectivity index is 1.86. The van der Waals surface area contributed by atoms with E-state index in [0.29, 0.717) is 12.1 Å². The molecule has 2 aromatic rings. The lowest BCUT2D eigenvalue weighted by Crippen LogP contribution is -2.21. The second-order valence-electron chi connectivity index (χ2n) is 4.40. The predicted molar refractivity (Wildman–Crippen MR) is 73.6 cm³/mol. The number of benzene rings is 1. The second kappa shape index (κ2) is 6.15. The van der Waals surface area contributed by atoms with E-state index in [1.807, 2.05) is 36.0 Å². The van der Waals surface area contributed by atoms with Crippen molar-refractivity contribution in [2.24, 2.45) is 12.8 Å². The lowest BCUT2D eigenvalue weighted by Gasteiger charge is -2.08. The van der Waals surface area contributed by atoms with E-state index >= 15 is 0 Å². The molecule has 5 heteroatoms. The normalized spacial score (nSPS) is 10.6. The summed E-state index contributed by atoms with van der Waals surface area (Å²) in [6.07, 6.45) is 4.57. The Kier molecular flexibility index (Phi) is 4.30. The molecule has 1 aromatic heterocycles. The van der Waals surface area contributed by atoms with Crippen LogP contribution < -0.4 is 11.1 Å². The van der Waals surface area contributed by atoms with Crippen LogP contribution in [0.2, 0.25) is 0 Å². The molecule has 100 valence electrons. The summed E-state index contributed by atoms with van der Waals surface area (Å²) in [7, 11) is 1.98. The maximum Gasteiger partial charge on any atom is 0.249 e. The van der Waals surface area contributed by atoms with Gasteiger partial charge in [-0.25, -0.2) is 4.98 Å². The largest absolute Gasteiger partial charge is 0.366 e. The van der Waals surface area contributed by atoms with Gasteiger partial charge in [-0.1, -0.05) is 18.2 Å². The monoisotopic (exact) mass is 258 g/mol. The Bertz CT molecular complexity index is 562. The fraction of sp³-hybridized carbons (Fsp3) is 0.286. The number of carbonyl (C=O) groups is 1. The Labute approximate surface area is 112 Å². The smallest absolute Gasteiger partial charge is 0.249 e. The van der Waals surface area contributed by atoms with Crippen molar-refractivity contribution in [3.05, 3.63) is 53.6 Å². The molecule has 0 saturated carbocycles. The van der Waals surface area contributed by atoms with Crippen molar-refractivity contribution in [2.75, 3.05) is 6.54 Å². The topological polar surface area (TPSA) is 72.9 Å². The van der Waals surface area contributed by atoms with E-state index in [2.05, 4.69) is 10.3 Å². The zero-order valence-corrected chi connectivity index (χ0v) is 11.0. The summed E-state index contributed by atoms with van der Waals surface area (Å²) in [5, 5.41) is 3.30. The highest BCUT2D eigenvalue weighted by atomic mass is 16.1. The molecule has 0 spiro atoms. The molecule has 19 heavy (non-hydrogen) atoms. The number of imidazole rings is 1. The number of nitrogens with two attached hydrogens (primary N) is 1. The first kappa shape index (κ1) is 13.3. The Morgan fingerprint density at radius 1 is 1.42 bits per heavy atom. The quantitative estimate of drug-likeness (QED) is 0.754. The van der Waals surface area contributed by atoms with E-state index in [1.165, 1.54) is 0 Å². The average Bonchev–Trinajstić information content (AvgIpc) is 2.80. The van der Waals surface area contributed by atoms with Gasteiger partial charge in [-0.15, -0.1) is 0 Å². The predicted octanol–water partition coefficient (Wildman–Crippen LogP) is 0.851. The van der Waals surface area contributed by atoms with Crippen LogP contribution in [0.5, 0.6) is 0 Å². The molecule has 0 fully saturated rings. The highest BCUT2D eigenvalue weighted by molar-refractivity contribution is 5.94. The van der Waals surface area contributed by atoms with E-state index < -0.39 is 0 Å². The van der Waals surface area contributed by atoms with Crippen molar-refractivity contribution in [1.82, 2.24) is 14.9 Å². The number of nitrogens with zero attached hydrogens (tertiary/aromatic N) is 2. The van der Waals surface area contributed by atoms with Gasteiger partial charge in [0, 0.05) is 44.5 Å². The Hall–Kier alpha value is -2.14. The second-order valence-corrected chi connectivity index (χ2v) is 4.40. The van der Waals surface area contributed by atoms with Gasteiger partial charge in [-0.3, -0.25) is 4.79 Å². The van der Waals surface area contributed by atoms with Crippen LogP contribution in [0.4, 0.5) is 0 Å². The molecule has 5 nitrogen and oxygen atoms in total. The minimum absolute atomic E-state index is 0.387. The third-order valence-corrected chi connectivity index (χ3v) is 3.04. The number of nitrogens with one attached hydrogen (secondary N) is 1. The van der Waals surface area contributed by atoms with Crippen LogP contribution in [0.15, 0.2) is 36.7 Å². The van der Waals surface area contributed by atoms with Gasteiger partial charge in [0.2, 0.25) is 5.91 Å². The minimum atomic E-state index is -0.387. The molecule has 0 radical (unpaired) electrons. The Morgan fingerprint density at radius 2 is 2.21 bits per heavy atom. The summed E-state index contributed by atoms with van der Waals surface area (Å²) in [5.41, 5.74) is 6.84. The van der Waals surface area contributed by atoms with Gasteiger partial charge in [0.05, 0.1) is 0 Å². The Morgan fingerprint density at radius 3 is 2.89 bits per heavy atom. The first-order valence-corrected chi connectivity index (χ1v) is 6.23. The minimum Gasteiger partial charge on any atom is -0.366 e. The van der Waals surface area contributed by atoms with Crippen LogP contribution in [0.1, 0.15) is 21.7 Å². The van der Waals surface area contributed by atoms with Gasteiger partial charge in [-0.2, -0.15) is 0 Å². The maximum atomic E-state index is 11.3. The maximum absolute atomic E-state index is 11.3. The summed E-state index contributed by atoms with van der Waals surface area (Å²) in [6, 6.07) is 7.38. The molecule has 2 rings (SSSR count). The number of hydrogen-bond acceptors (Lipinski definition) is 3. The highest BCUT2D eigenvalue weighted by Crippen LogP contribution is 2.07. The van der Waals surface area contributed by atoms with Crippen LogP contribution in [-0.2, 0) is 20.0 Å². The molecule has 0 unspecified atom stereocenters. The lowest BCUT2D eigenvalue weighted by molar-refractivity contribution is 0.0999. The number of aromatic nitrogens is 2. The van der Waals surface area contributed by atoms with Crippen molar-refractivity contribution in [3.8, 4) is 0 Å². The summed E-state index contributed by atoms with van der Waals surface area (Å²) < 4.78 is 2.00. The van der Waals surface area contributed by atoms with Crippen molar-refractivity contribution in [1.29, 1.82) is 0 Å². The molecule has 0 saturated heterocycles. The first-order chi connectivity index (χ1) is 9.18. The van der Waals surface area contributed by atoms with E-state index in [9.17, 15) is 4.79 Å². The standard InChI is InChI=1S/C14H18N4O/c1-18-9-8-17-13(18)6-7-16-10-11-4-2-3-5-12(11)14(15)19/h2-5,8-9,16H,6-7,10H2,1H3,(H2,15,19).